The lowest BCUT2D eigenvalue weighted by Crippen LogP contribution is -2.45. The van der Waals surface area contributed by atoms with Gasteiger partial charge in [0, 0.05) is 11.3 Å². The number of halogens is 2. The molecule has 8 heteroatoms. The average Bonchev–Trinajstić information content (AvgIpc) is 2.45. The van der Waals surface area contributed by atoms with Gasteiger partial charge in [0.2, 0.25) is 0 Å². The number of alkyl halides is 2. The first-order chi connectivity index (χ1) is 11.3. The molecule has 0 unspecified atom stereocenters. The van der Waals surface area contributed by atoms with Crippen LogP contribution in [0.2, 0.25) is 0 Å². The van der Waals surface area contributed by atoms with Crippen LogP contribution in [-0.2, 0) is 9.53 Å². The number of para-hydroxylation sites is 1. The van der Waals surface area contributed by atoms with Crippen LogP contribution in [0.25, 0.3) is 0 Å². The number of allylic oxidation sites excluding steroid dienone is 1. The minimum Gasteiger partial charge on any atom is -0.459 e. The molecule has 0 saturated carbocycles. The Kier molecular flexibility index (Phi) is 5.71. The maximum absolute atomic E-state index is 12.7. The lowest BCUT2D eigenvalue weighted by molar-refractivity contribution is -0.143. The van der Waals surface area contributed by atoms with Crippen LogP contribution in [0, 0.1) is 0 Å². The fraction of sp³-hybridized carbons (Fsp3) is 0.375. The Hall–Kier alpha value is -2.22. The van der Waals surface area contributed by atoms with Crippen LogP contribution in [-0.4, -0.2) is 23.8 Å². The molecule has 0 bridgehead atoms. The first-order valence-corrected chi connectivity index (χ1v) is 7.73. The van der Waals surface area contributed by atoms with Crippen molar-refractivity contribution in [2.75, 3.05) is 0 Å². The van der Waals surface area contributed by atoms with Gasteiger partial charge in [-0.3, -0.25) is 0 Å². The summed E-state index contributed by atoms with van der Waals surface area (Å²) in [6, 6.07) is 5.50. The van der Waals surface area contributed by atoms with E-state index in [4.69, 9.17) is 17.0 Å². The number of hydrogen-bond donors (Lipinski definition) is 2. The highest BCUT2D eigenvalue weighted by molar-refractivity contribution is 7.80. The summed E-state index contributed by atoms with van der Waals surface area (Å²) in [7, 11) is 0. The molecule has 0 aromatic heterocycles. The van der Waals surface area contributed by atoms with Crippen LogP contribution in [0.1, 0.15) is 32.4 Å². The van der Waals surface area contributed by atoms with Gasteiger partial charge >= 0.3 is 12.6 Å². The quantitative estimate of drug-likeness (QED) is 0.625. The van der Waals surface area contributed by atoms with Crippen molar-refractivity contribution in [3.8, 4) is 5.75 Å². The third kappa shape index (κ3) is 4.19. The van der Waals surface area contributed by atoms with Crippen molar-refractivity contribution >= 4 is 23.3 Å². The topological polar surface area (TPSA) is 59.6 Å². The predicted molar refractivity (Wildman–Crippen MR) is 88.6 cm³/mol. The van der Waals surface area contributed by atoms with Gasteiger partial charge in [0.05, 0.1) is 17.7 Å². The fourth-order valence-corrected chi connectivity index (χ4v) is 2.67. The zero-order valence-electron chi connectivity index (χ0n) is 13.4. The maximum Gasteiger partial charge on any atom is 0.387 e. The second-order valence-electron chi connectivity index (χ2n) is 5.44. The molecule has 0 saturated heterocycles. The van der Waals surface area contributed by atoms with Crippen molar-refractivity contribution in [3.05, 3.63) is 41.1 Å². The van der Waals surface area contributed by atoms with Gasteiger partial charge in [-0.15, -0.1) is 0 Å². The molecule has 0 aliphatic carbocycles. The second-order valence-corrected chi connectivity index (χ2v) is 5.85. The first kappa shape index (κ1) is 18.1. The summed E-state index contributed by atoms with van der Waals surface area (Å²) in [4.78, 5) is 12.5. The van der Waals surface area contributed by atoms with Gasteiger partial charge < -0.3 is 20.1 Å². The summed E-state index contributed by atoms with van der Waals surface area (Å²) < 4.78 is 35.2. The standard InChI is InChI=1S/C16H18F2N2O3S/c1-8(2)22-14(21)12-9(3)19-16(24)20-13(12)10-6-4-5-7-11(10)23-15(17)18/h4-8,13,15H,1-3H3,(H2,19,20,24)/t13-/m1/s1. The van der Waals surface area contributed by atoms with Crippen molar-refractivity contribution in [2.24, 2.45) is 0 Å². The number of thiocarbonyl (C=S) groups is 1. The van der Waals surface area contributed by atoms with Crippen LogP contribution in [0.3, 0.4) is 0 Å². The van der Waals surface area contributed by atoms with Crippen molar-refractivity contribution < 1.29 is 23.0 Å². The van der Waals surface area contributed by atoms with Crippen molar-refractivity contribution in [1.29, 1.82) is 0 Å². The highest BCUT2D eigenvalue weighted by Crippen LogP contribution is 2.34. The Balaban J connectivity index is 2.48. The Morgan fingerprint density at radius 3 is 2.58 bits per heavy atom. The van der Waals surface area contributed by atoms with Crippen LogP contribution >= 0.6 is 12.2 Å². The lowest BCUT2D eigenvalue weighted by atomic mass is 9.95. The summed E-state index contributed by atoms with van der Waals surface area (Å²) in [5.41, 5.74) is 1.14. The Labute approximate surface area is 144 Å². The van der Waals surface area contributed by atoms with Crippen LogP contribution in [0.5, 0.6) is 5.75 Å². The average molecular weight is 356 g/mol. The molecular weight excluding hydrogens is 338 g/mol. The Morgan fingerprint density at radius 2 is 1.96 bits per heavy atom. The molecule has 1 aromatic rings. The van der Waals surface area contributed by atoms with E-state index in [0.29, 0.717) is 11.3 Å². The van der Waals surface area contributed by atoms with Crippen LogP contribution < -0.4 is 15.4 Å². The molecule has 130 valence electrons. The zero-order valence-corrected chi connectivity index (χ0v) is 14.2. The molecule has 0 amide bonds. The van der Waals surface area contributed by atoms with Gasteiger partial charge in [-0.25, -0.2) is 4.79 Å². The minimum atomic E-state index is -2.98. The minimum absolute atomic E-state index is 0.0302. The molecular formula is C16H18F2N2O3S. The molecule has 0 spiro atoms. The summed E-state index contributed by atoms with van der Waals surface area (Å²) in [6.07, 6.45) is -0.320. The van der Waals surface area contributed by atoms with Crippen molar-refractivity contribution in [2.45, 2.75) is 39.5 Å². The number of carbonyl (C=O) groups is 1. The molecule has 2 rings (SSSR count). The highest BCUT2D eigenvalue weighted by Gasteiger charge is 2.33. The van der Waals surface area contributed by atoms with Crippen LogP contribution in [0.15, 0.2) is 35.5 Å². The van der Waals surface area contributed by atoms with Gasteiger partial charge in [-0.05, 0) is 39.1 Å². The number of ether oxygens (including phenoxy) is 2. The number of carbonyl (C=O) groups excluding carboxylic acids is 1. The van der Waals surface area contributed by atoms with E-state index in [0.717, 1.165) is 0 Å². The smallest absolute Gasteiger partial charge is 0.387 e. The molecule has 1 aliphatic rings. The lowest BCUT2D eigenvalue weighted by Gasteiger charge is -2.31. The number of esters is 1. The third-order valence-electron chi connectivity index (χ3n) is 3.28. The van der Waals surface area contributed by atoms with Gasteiger partial charge in [0.25, 0.3) is 0 Å². The molecule has 0 fully saturated rings. The molecule has 1 heterocycles. The van der Waals surface area contributed by atoms with E-state index >= 15 is 0 Å². The number of nitrogens with one attached hydrogen (secondary N) is 2. The molecule has 1 atom stereocenters. The zero-order chi connectivity index (χ0) is 17.9. The van der Waals surface area contributed by atoms with Gasteiger partial charge in [-0.1, -0.05) is 18.2 Å². The molecule has 1 aliphatic heterocycles. The fourth-order valence-electron chi connectivity index (χ4n) is 2.40. The number of benzene rings is 1. The van der Waals surface area contributed by atoms with E-state index < -0.39 is 18.6 Å². The molecule has 5 nitrogen and oxygen atoms in total. The molecule has 2 N–H and O–H groups in total. The number of hydrogen-bond acceptors (Lipinski definition) is 4. The van der Waals surface area contributed by atoms with E-state index in [2.05, 4.69) is 15.4 Å². The number of rotatable bonds is 5. The Morgan fingerprint density at radius 1 is 1.29 bits per heavy atom. The van der Waals surface area contributed by atoms with Crippen molar-refractivity contribution in [1.82, 2.24) is 10.6 Å². The summed E-state index contributed by atoms with van der Waals surface area (Å²) in [5, 5.41) is 6.05. The Bertz CT molecular complexity index is 677. The van der Waals surface area contributed by atoms with E-state index in [1.165, 1.54) is 6.07 Å². The molecule has 0 radical (unpaired) electrons. The normalized spacial score (nSPS) is 17.6. The third-order valence-corrected chi connectivity index (χ3v) is 3.50. The van der Waals surface area contributed by atoms with Gasteiger partial charge in [0.1, 0.15) is 5.75 Å². The predicted octanol–water partition coefficient (Wildman–Crippen LogP) is 3.03. The molecule has 24 heavy (non-hydrogen) atoms. The van der Waals surface area contributed by atoms with Crippen LogP contribution in [0.4, 0.5) is 8.78 Å². The van der Waals surface area contributed by atoms with Crippen molar-refractivity contribution in [3.63, 3.8) is 0 Å². The largest absolute Gasteiger partial charge is 0.459 e. The second kappa shape index (κ2) is 7.57. The summed E-state index contributed by atoms with van der Waals surface area (Å²) in [5.74, 6) is -0.584. The summed E-state index contributed by atoms with van der Waals surface area (Å²) >= 11 is 5.12. The first-order valence-electron chi connectivity index (χ1n) is 7.32. The van der Waals surface area contributed by atoms with E-state index in [1.54, 1.807) is 39.0 Å². The maximum atomic E-state index is 12.7. The summed E-state index contributed by atoms with van der Waals surface area (Å²) in [6.45, 7) is 2.15. The monoisotopic (exact) mass is 356 g/mol. The van der Waals surface area contributed by atoms with E-state index in [-0.39, 0.29) is 22.5 Å². The van der Waals surface area contributed by atoms with E-state index in [9.17, 15) is 13.6 Å². The van der Waals surface area contributed by atoms with Gasteiger partial charge in [-0.2, -0.15) is 8.78 Å². The molecule has 1 aromatic carbocycles. The van der Waals surface area contributed by atoms with Gasteiger partial charge in [0.15, 0.2) is 5.11 Å². The van der Waals surface area contributed by atoms with E-state index in [1.807, 2.05) is 0 Å². The SMILES string of the molecule is CC1=C(C(=O)OC(C)C)[C@@H](c2ccccc2OC(F)F)NC(=S)N1. The highest BCUT2D eigenvalue weighted by atomic mass is 32.1.